The van der Waals surface area contributed by atoms with E-state index in [2.05, 4.69) is 45.9 Å². The zero-order valence-electron chi connectivity index (χ0n) is 14.2. The van der Waals surface area contributed by atoms with Gasteiger partial charge in [0.2, 0.25) is 0 Å². The number of rotatable bonds is 2. The van der Waals surface area contributed by atoms with Crippen LogP contribution in [0, 0.1) is 11.3 Å². The molecule has 2 N–H and O–H groups in total. The molecular formula is C20H31N. The molecule has 1 fully saturated rings. The lowest BCUT2D eigenvalue weighted by molar-refractivity contribution is 0.0326. The van der Waals surface area contributed by atoms with Crippen LogP contribution in [0.25, 0.3) is 0 Å². The van der Waals surface area contributed by atoms with E-state index < -0.39 is 0 Å². The lowest BCUT2D eigenvalue weighted by Crippen LogP contribution is -2.51. The second-order valence-electron chi connectivity index (χ2n) is 8.29. The molecule has 1 aromatic carbocycles. The Morgan fingerprint density at radius 2 is 2.00 bits per heavy atom. The molecule has 1 heteroatoms. The summed E-state index contributed by atoms with van der Waals surface area (Å²) in [6, 6.07) is 7.29. The zero-order valence-corrected chi connectivity index (χ0v) is 14.2. The van der Waals surface area contributed by atoms with Gasteiger partial charge in [0.15, 0.2) is 0 Å². The van der Waals surface area contributed by atoms with Crippen molar-refractivity contribution in [2.45, 2.75) is 71.1 Å². The Bertz CT molecular complexity index is 533. The van der Waals surface area contributed by atoms with Crippen LogP contribution in [-0.2, 0) is 11.8 Å². The summed E-state index contributed by atoms with van der Waals surface area (Å²) in [7, 11) is 0. The highest BCUT2D eigenvalue weighted by Gasteiger charge is 2.50. The van der Waals surface area contributed by atoms with Gasteiger partial charge >= 0.3 is 0 Å². The first-order valence-electron chi connectivity index (χ1n) is 8.74. The van der Waals surface area contributed by atoms with Crippen LogP contribution in [0.4, 0.5) is 0 Å². The molecule has 0 radical (unpaired) electrons. The summed E-state index contributed by atoms with van der Waals surface area (Å²) in [6.45, 7) is 10.4. The Labute approximate surface area is 130 Å². The number of benzene rings is 1. The molecule has 116 valence electrons. The van der Waals surface area contributed by atoms with Crippen molar-refractivity contribution in [3.63, 3.8) is 0 Å². The van der Waals surface area contributed by atoms with E-state index in [1.54, 1.807) is 11.1 Å². The maximum atomic E-state index is 6.19. The summed E-state index contributed by atoms with van der Waals surface area (Å²) >= 11 is 0. The third-order valence-corrected chi connectivity index (χ3v) is 6.63. The average Bonchev–Trinajstić information content (AvgIpc) is 2.46. The van der Waals surface area contributed by atoms with Crippen molar-refractivity contribution < 1.29 is 0 Å². The predicted molar refractivity (Wildman–Crippen MR) is 90.7 cm³/mol. The largest absolute Gasteiger partial charge is 0.330 e. The molecule has 1 saturated carbocycles. The van der Waals surface area contributed by atoms with Gasteiger partial charge in [-0.3, -0.25) is 0 Å². The molecule has 2 aliphatic carbocycles. The molecule has 3 rings (SSSR count). The molecule has 21 heavy (non-hydrogen) atoms. The normalized spacial score (nSPS) is 35.4. The minimum absolute atomic E-state index is 0.335. The highest BCUT2D eigenvalue weighted by atomic mass is 14.7. The van der Waals surface area contributed by atoms with Crippen LogP contribution in [-0.4, -0.2) is 6.54 Å². The quantitative estimate of drug-likeness (QED) is 0.831. The Hall–Kier alpha value is -0.820. The molecular weight excluding hydrogens is 254 g/mol. The number of hydrogen-bond acceptors (Lipinski definition) is 1. The lowest BCUT2D eigenvalue weighted by Gasteiger charge is -2.55. The first-order chi connectivity index (χ1) is 9.90. The van der Waals surface area contributed by atoms with Gasteiger partial charge < -0.3 is 5.73 Å². The Morgan fingerprint density at radius 1 is 1.24 bits per heavy atom. The summed E-state index contributed by atoms with van der Waals surface area (Å²) in [5, 5.41) is 0. The van der Waals surface area contributed by atoms with Gasteiger partial charge in [0.1, 0.15) is 0 Å². The molecule has 0 amide bonds. The highest BCUT2D eigenvalue weighted by Crippen LogP contribution is 2.56. The van der Waals surface area contributed by atoms with Crippen LogP contribution >= 0.6 is 0 Å². The molecule has 0 bridgehead atoms. The van der Waals surface area contributed by atoms with Crippen LogP contribution in [0.15, 0.2) is 18.2 Å². The van der Waals surface area contributed by atoms with Crippen molar-refractivity contribution >= 4 is 0 Å². The van der Waals surface area contributed by atoms with Crippen molar-refractivity contribution in [3.05, 3.63) is 34.9 Å². The van der Waals surface area contributed by atoms with Gasteiger partial charge in [-0.25, -0.2) is 0 Å². The SMILES string of the molecule is CC(C)c1ccc2c(c1)CCC1C2(C)CCC[C@@]1(C)CN. The van der Waals surface area contributed by atoms with Gasteiger partial charge in [-0.15, -0.1) is 0 Å². The number of hydrogen-bond donors (Lipinski definition) is 1. The monoisotopic (exact) mass is 285 g/mol. The summed E-state index contributed by atoms with van der Waals surface area (Å²) in [6.07, 6.45) is 6.53. The van der Waals surface area contributed by atoms with Gasteiger partial charge in [0.05, 0.1) is 0 Å². The van der Waals surface area contributed by atoms with Crippen LogP contribution < -0.4 is 5.73 Å². The topological polar surface area (TPSA) is 26.0 Å². The second kappa shape index (κ2) is 5.12. The fourth-order valence-corrected chi connectivity index (χ4v) is 5.25. The van der Waals surface area contributed by atoms with E-state index >= 15 is 0 Å². The number of aryl methyl sites for hydroxylation is 1. The molecule has 2 unspecified atom stereocenters. The van der Waals surface area contributed by atoms with E-state index in [1.807, 2.05) is 0 Å². The van der Waals surface area contributed by atoms with Gasteiger partial charge in [-0.1, -0.05) is 52.3 Å². The minimum atomic E-state index is 0.335. The van der Waals surface area contributed by atoms with Gasteiger partial charge in [0, 0.05) is 0 Å². The summed E-state index contributed by atoms with van der Waals surface area (Å²) < 4.78 is 0. The molecule has 0 aromatic heterocycles. The number of nitrogens with two attached hydrogens (primary N) is 1. The van der Waals surface area contributed by atoms with E-state index in [9.17, 15) is 0 Å². The highest BCUT2D eigenvalue weighted by molar-refractivity contribution is 5.42. The standard InChI is InChI=1S/C20H31N/c1-14(2)15-6-8-17-16(12-15)7-9-18-19(3,13-21)10-5-11-20(17,18)4/h6,8,12,14,18H,5,7,9-11,13,21H2,1-4H3/t18?,19-,20?/m0/s1. The molecule has 1 nitrogen and oxygen atoms in total. The maximum Gasteiger partial charge on any atom is -0.00202 e. The van der Waals surface area contributed by atoms with E-state index in [-0.39, 0.29) is 0 Å². The first-order valence-corrected chi connectivity index (χ1v) is 8.74. The van der Waals surface area contributed by atoms with E-state index in [4.69, 9.17) is 5.73 Å². The van der Waals surface area contributed by atoms with E-state index in [0.29, 0.717) is 16.7 Å². The second-order valence-corrected chi connectivity index (χ2v) is 8.29. The third-order valence-electron chi connectivity index (χ3n) is 6.63. The maximum absolute atomic E-state index is 6.19. The summed E-state index contributed by atoms with van der Waals surface area (Å²) in [5.74, 6) is 1.38. The summed E-state index contributed by atoms with van der Waals surface area (Å²) in [4.78, 5) is 0. The van der Waals surface area contributed by atoms with Crippen molar-refractivity contribution in [2.24, 2.45) is 17.1 Å². The Balaban J connectivity index is 2.05. The van der Waals surface area contributed by atoms with Gasteiger partial charge in [-0.2, -0.15) is 0 Å². The van der Waals surface area contributed by atoms with Crippen molar-refractivity contribution in [1.82, 2.24) is 0 Å². The Kier molecular flexibility index (Phi) is 3.68. The van der Waals surface area contributed by atoms with Crippen LogP contribution in [0.1, 0.15) is 76.0 Å². The zero-order chi connectivity index (χ0) is 15.3. The Morgan fingerprint density at radius 3 is 2.67 bits per heavy atom. The molecule has 0 aliphatic heterocycles. The fraction of sp³-hybridized carbons (Fsp3) is 0.700. The smallest absolute Gasteiger partial charge is 0.00202 e. The minimum Gasteiger partial charge on any atom is -0.330 e. The molecule has 3 atom stereocenters. The average molecular weight is 285 g/mol. The lowest BCUT2D eigenvalue weighted by atomic mass is 9.50. The third kappa shape index (κ3) is 2.25. The summed E-state index contributed by atoms with van der Waals surface area (Å²) in [5.41, 5.74) is 11.6. The van der Waals surface area contributed by atoms with Gasteiger partial charge in [0.25, 0.3) is 0 Å². The van der Waals surface area contributed by atoms with Crippen LogP contribution in [0.3, 0.4) is 0 Å². The molecule has 2 aliphatic rings. The van der Waals surface area contributed by atoms with E-state index in [0.717, 1.165) is 12.5 Å². The fourth-order valence-electron chi connectivity index (χ4n) is 5.25. The number of fused-ring (bicyclic) bond motifs is 3. The van der Waals surface area contributed by atoms with Crippen molar-refractivity contribution in [1.29, 1.82) is 0 Å². The van der Waals surface area contributed by atoms with Crippen molar-refractivity contribution in [2.75, 3.05) is 6.54 Å². The van der Waals surface area contributed by atoms with Crippen molar-refractivity contribution in [3.8, 4) is 0 Å². The van der Waals surface area contributed by atoms with Crippen LogP contribution in [0.5, 0.6) is 0 Å². The molecule has 0 heterocycles. The first kappa shape index (κ1) is 15.1. The molecule has 0 saturated heterocycles. The van der Waals surface area contributed by atoms with E-state index in [1.165, 1.54) is 37.7 Å². The predicted octanol–water partition coefficient (Wildman–Crippen LogP) is 4.78. The van der Waals surface area contributed by atoms with Gasteiger partial charge in [-0.05, 0) is 71.6 Å². The molecule has 0 spiro atoms. The van der Waals surface area contributed by atoms with Crippen LogP contribution in [0.2, 0.25) is 0 Å². The molecule has 1 aromatic rings.